The molecule has 0 aromatic carbocycles. The second-order valence-corrected chi connectivity index (χ2v) is 12.2. The van der Waals surface area contributed by atoms with Crippen LogP contribution in [0.15, 0.2) is 23.0 Å². The Morgan fingerprint density at radius 3 is 2.75 bits per heavy atom. The zero-order valence-corrected chi connectivity index (χ0v) is 24.1. The maximum absolute atomic E-state index is 15.4. The number of amides is 2. The molecule has 14 nitrogen and oxygen atoms in total. The molecule has 4 aromatic rings. The first-order valence-corrected chi connectivity index (χ1v) is 15.2. The summed E-state index contributed by atoms with van der Waals surface area (Å²) < 4.78 is 32.2. The van der Waals surface area contributed by atoms with Gasteiger partial charge in [-0.2, -0.15) is 4.37 Å². The van der Waals surface area contributed by atoms with Crippen LogP contribution in [-0.2, 0) is 9.53 Å². The van der Waals surface area contributed by atoms with E-state index in [0.717, 1.165) is 24.4 Å². The van der Waals surface area contributed by atoms with Crippen molar-refractivity contribution in [2.75, 3.05) is 47.9 Å². The third-order valence-corrected chi connectivity index (χ3v) is 9.30. The van der Waals surface area contributed by atoms with Crippen molar-refractivity contribution >= 4 is 62.2 Å². The molecule has 7 heterocycles. The van der Waals surface area contributed by atoms with Gasteiger partial charge in [-0.05, 0) is 55.4 Å². The second kappa shape index (κ2) is 10.3. The number of fused-ring (bicyclic) bond motifs is 3. The molecule has 0 bridgehead atoms. The molecule has 1 unspecified atom stereocenters. The minimum Gasteiger partial charge on any atom is -0.492 e. The Kier molecular flexibility index (Phi) is 6.30. The van der Waals surface area contributed by atoms with E-state index >= 15 is 4.39 Å². The minimum atomic E-state index is -0.578. The zero-order chi connectivity index (χ0) is 30.1. The van der Waals surface area contributed by atoms with Crippen molar-refractivity contribution in [3.05, 3.63) is 34.2 Å². The number of carbonyl (C=O) groups is 2. The Morgan fingerprint density at radius 1 is 1.14 bits per heavy atom. The lowest BCUT2D eigenvalue weighted by atomic mass is 10.0. The molecule has 1 saturated carbocycles. The van der Waals surface area contributed by atoms with Crippen LogP contribution in [0.2, 0.25) is 0 Å². The molecule has 0 spiro atoms. The highest BCUT2D eigenvalue weighted by molar-refractivity contribution is 7.13. The number of hydrogen-bond donors (Lipinski definition) is 3. The van der Waals surface area contributed by atoms with Crippen LogP contribution >= 0.6 is 11.5 Å². The van der Waals surface area contributed by atoms with Gasteiger partial charge in [-0.1, -0.05) is 0 Å². The van der Waals surface area contributed by atoms with Crippen LogP contribution in [0.25, 0.3) is 21.3 Å². The number of nitrogens with one attached hydrogen (secondary N) is 2. The largest absolute Gasteiger partial charge is 0.492 e. The molecule has 228 valence electrons. The monoisotopic (exact) mass is 622 g/mol. The quantitative estimate of drug-likeness (QED) is 0.289. The number of cyclic esters (lactones) is 1. The lowest BCUT2D eigenvalue weighted by molar-refractivity contribution is -0.118. The standard InChI is InChI=1S/C28H27FN8O6S/c29-17-9-16-22(39)21-26(40)34-44-27(21)37(14-1-2-14)24(16)33-25(17)35-7-5-13(6-8-35)30-10-15-11-36(28(41)43-15)19-4-3-18-23(31-19)32-20(38)12-42-18/h3-4,9,13-15,30H,1-2,5-8,10-12H2,(H,34,40)(H,31,32,38). The van der Waals surface area contributed by atoms with Crippen LogP contribution in [0.1, 0.15) is 31.7 Å². The number of hydrogen-bond acceptors (Lipinski definition) is 12. The van der Waals surface area contributed by atoms with Crippen molar-refractivity contribution in [3.8, 4) is 11.6 Å². The second-order valence-electron chi connectivity index (χ2n) is 11.4. The summed E-state index contributed by atoms with van der Waals surface area (Å²) in [5.41, 5.74) is -0.0467. The third kappa shape index (κ3) is 4.55. The predicted octanol–water partition coefficient (Wildman–Crippen LogP) is 2.50. The number of ether oxygens (including phenoxy) is 2. The van der Waals surface area contributed by atoms with Crippen molar-refractivity contribution in [1.82, 2.24) is 24.2 Å². The molecular formula is C28H27FN8O6S. The van der Waals surface area contributed by atoms with Gasteiger partial charge < -0.3 is 34.7 Å². The summed E-state index contributed by atoms with van der Waals surface area (Å²) in [4.78, 5) is 50.3. The summed E-state index contributed by atoms with van der Waals surface area (Å²) in [6, 6.07) is 4.81. The van der Waals surface area contributed by atoms with E-state index in [9.17, 15) is 19.5 Å². The molecule has 0 radical (unpaired) electrons. The number of pyridine rings is 3. The van der Waals surface area contributed by atoms with Gasteiger partial charge in [0.25, 0.3) is 5.91 Å². The summed E-state index contributed by atoms with van der Waals surface area (Å²) in [5, 5.41) is 16.6. The maximum Gasteiger partial charge on any atom is 0.416 e. The Balaban J connectivity index is 0.928. The zero-order valence-electron chi connectivity index (χ0n) is 23.3. The first-order chi connectivity index (χ1) is 21.3. The van der Waals surface area contributed by atoms with E-state index in [-0.39, 0.29) is 52.9 Å². The van der Waals surface area contributed by atoms with Crippen molar-refractivity contribution in [2.45, 2.75) is 43.9 Å². The summed E-state index contributed by atoms with van der Waals surface area (Å²) in [5.74, 6) is 0.0622. The number of rotatable bonds is 6. The highest BCUT2D eigenvalue weighted by Crippen LogP contribution is 2.42. The van der Waals surface area contributed by atoms with Gasteiger partial charge in [0.1, 0.15) is 27.8 Å². The minimum absolute atomic E-state index is 0.0777. The van der Waals surface area contributed by atoms with E-state index in [4.69, 9.17) is 9.47 Å². The lowest BCUT2D eigenvalue weighted by Crippen LogP contribution is -2.45. The molecule has 3 fully saturated rings. The number of anilines is 3. The number of piperidine rings is 1. The molecular weight excluding hydrogens is 595 g/mol. The Hall–Kier alpha value is -4.57. The molecule has 2 saturated heterocycles. The number of nitrogens with zero attached hydrogens (tertiary/aromatic N) is 6. The molecule has 4 aliphatic rings. The average Bonchev–Trinajstić information content (AvgIpc) is 3.68. The highest BCUT2D eigenvalue weighted by atomic mass is 32.1. The van der Waals surface area contributed by atoms with Gasteiger partial charge in [0, 0.05) is 31.7 Å². The molecule has 4 aromatic heterocycles. The van der Waals surface area contributed by atoms with Crippen LogP contribution in [0.5, 0.6) is 11.6 Å². The van der Waals surface area contributed by atoms with Gasteiger partial charge in [-0.15, -0.1) is 0 Å². The molecule has 2 amide bonds. The van der Waals surface area contributed by atoms with E-state index < -0.39 is 23.4 Å². The Bertz CT molecular complexity index is 1900. The van der Waals surface area contributed by atoms with Crippen LogP contribution in [0.3, 0.4) is 0 Å². The topological polar surface area (TPSA) is 164 Å². The van der Waals surface area contributed by atoms with Gasteiger partial charge >= 0.3 is 6.09 Å². The molecule has 3 aliphatic heterocycles. The lowest BCUT2D eigenvalue weighted by Gasteiger charge is -2.34. The first-order valence-electron chi connectivity index (χ1n) is 14.5. The number of carbonyl (C=O) groups excluding carboxylic acids is 2. The van der Waals surface area contributed by atoms with E-state index in [1.807, 2.05) is 9.47 Å². The molecule has 8 rings (SSSR count). The predicted molar refractivity (Wildman–Crippen MR) is 158 cm³/mol. The summed E-state index contributed by atoms with van der Waals surface area (Å²) in [6.45, 7) is 1.75. The maximum atomic E-state index is 15.4. The fraction of sp³-hybridized carbons (Fsp3) is 0.429. The van der Waals surface area contributed by atoms with Crippen LogP contribution in [-0.4, -0.2) is 80.9 Å². The molecule has 1 atom stereocenters. The van der Waals surface area contributed by atoms with Gasteiger partial charge in [-0.25, -0.2) is 19.2 Å². The van der Waals surface area contributed by atoms with Crippen LogP contribution in [0, 0.1) is 5.82 Å². The fourth-order valence-corrected chi connectivity index (χ4v) is 6.96. The Labute approximate surface area is 252 Å². The third-order valence-electron chi connectivity index (χ3n) is 8.46. The Morgan fingerprint density at radius 2 is 1.95 bits per heavy atom. The van der Waals surface area contributed by atoms with E-state index in [1.54, 1.807) is 12.1 Å². The van der Waals surface area contributed by atoms with Crippen molar-refractivity contribution < 1.29 is 28.6 Å². The molecule has 44 heavy (non-hydrogen) atoms. The summed E-state index contributed by atoms with van der Waals surface area (Å²) in [6.07, 6.45) is 2.35. The van der Waals surface area contributed by atoms with E-state index in [0.29, 0.717) is 61.1 Å². The molecule has 3 N–H and O–H groups in total. The van der Waals surface area contributed by atoms with Crippen molar-refractivity contribution in [1.29, 1.82) is 0 Å². The van der Waals surface area contributed by atoms with Gasteiger partial charge in [-0.3, -0.25) is 14.5 Å². The van der Waals surface area contributed by atoms with Gasteiger partial charge in [0.15, 0.2) is 29.8 Å². The fourth-order valence-electron chi connectivity index (χ4n) is 6.09. The SMILES string of the molecule is O=C1COc2ccc(N3CC(CNC4CCN(c5nc6c(cc5F)c(=O)c5c(O)nsc5n6C5CC5)CC4)OC3=O)nc2N1. The van der Waals surface area contributed by atoms with Crippen LogP contribution in [0.4, 0.5) is 26.6 Å². The summed E-state index contributed by atoms with van der Waals surface area (Å²) >= 11 is 1.05. The molecule has 1 aliphatic carbocycles. The smallest absolute Gasteiger partial charge is 0.416 e. The van der Waals surface area contributed by atoms with Gasteiger partial charge in [0.05, 0.1) is 11.9 Å². The van der Waals surface area contributed by atoms with Crippen molar-refractivity contribution in [2.24, 2.45) is 0 Å². The first kappa shape index (κ1) is 27.0. The van der Waals surface area contributed by atoms with E-state index in [1.165, 1.54) is 11.0 Å². The average molecular weight is 623 g/mol. The summed E-state index contributed by atoms with van der Waals surface area (Å²) in [7, 11) is 0. The van der Waals surface area contributed by atoms with Gasteiger partial charge in [0.2, 0.25) is 11.3 Å². The van der Waals surface area contributed by atoms with E-state index in [2.05, 4.69) is 25.0 Å². The normalized spacial score (nSPS) is 20.6. The van der Waals surface area contributed by atoms with Crippen LogP contribution < -0.4 is 30.6 Å². The molecule has 16 heteroatoms. The highest BCUT2D eigenvalue weighted by Gasteiger charge is 2.35. The number of aromatic nitrogens is 4. The number of aromatic hydroxyl groups is 1. The number of halogens is 1. The van der Waals surface area contributed by atoms with Crippen molar-refractivity contribution in [3.63, 3.8) is 0 Å².